The van der Waals surface area contributed by atoms with Crippen molar-refractivity contribution in [2.75, 3.05) is 24.4 Å². The number of amides is 1. The zero-order valence-corrected chi connectivity index (χ0v) is 16.9. The second-order valence-electron chi connectivity index (χ2n) is 5.91. The molecule has 0 aromatic heterocycles. The fourth-order valence-electron chi connectivity index (χ4n) is 2.73. The highest BCUT2D eigenvalue weighted by atomic mass is 35.5. The molecular formula is C19H23ClN2O3S. The van der Waals surface area contributed by atoms with Crippen molar-refractivity contribution in [3.05, 3.63) is 58.6 Å². The van der Waals surface area contributed by atoms with E-state index in [0.717, 1.165) is 0 Å². The summed E-state index contributed by atoms with van der Waals surface area (Å²) in [6.07, 6.45) is 0. The van der Waals surface area contributed by atoms with E-state index in [2.05, 4.69) is 0 Å². The maximum Gasteiger partial charge on any atom is 0.264 e. The summed E-state index contributed by atoms with van der Waals surface area (Å²) in [5, 5.41) is 0.474. The van der Waals surface area contributed by atoms with Crippen LogP contribution in [0.15, 0.2) is 47.4 Å². The van der Waals surface area contributed by atoms with Crippen LogP contribution in [0.1, 0.15) is 29.8 Å². The van der Waals surface area contributed by atoms with Crippen molar-refractivity contribution in [2.45, 2.75) is 25.7 Å². The molecule has 7 heteroatoms. The van der Waals surface area contributed by atoms with Crippen LogP contribution in [0.4, 0.5) is 5.69 Å². The Kier molecular flexibility index (Phi) is 6.31. The molecule has 140 valence electrons. The molecule has 0 heterocycles. The number of anilines is 1. The lowest BCUT2D eigenvalue weighted by Crippen LogP contribution is -2.31. The van der Waals surface area contributed by atoms with Gasteiger partial charge in [0, 0.05) is 30.7 Å². The maximum absolute atomic E-state index is 12.8. The Hall–Kier alpha value is -2.05. The first-order valence-corrected chi connectivity index (χ1v) is 10.2. The molecule has 0 fully saturated rings. The Morgan fingerprint density at radius 3 is 2.12 bits per heavy atom. The largest absolute Gasteiger partial charge is 0.339 e. The van der Waals surface area contributed by atoms with E-state index in [1.54, 1.807) is 42.2 Å². The molecule has 0 N–H and O–H groups in total. The molecule has 2 aromatic rings. The summed E-state index contributed by atoms with van der Waals surface area (Å²) in [6.45, 7) is 6.90. The van der Waals surface area contributed by atoms with E-state index in [1.165, 1.54) is 23.5 Å². The minimum absolute atomic E-state index is 0.0622. The topological polar surface area (TPSA) is 57.7 Å². The van der Waals surface area contributed by atoms with Crippen LogP contribution in [0, 0.1) is 6.92 Å². The monoisotopic (exact) mass is 394 g/mol. The predicted molar refractivity (Wildman–Crippen MR) is 105 cm³/mol. The van der Waals surface area contributed by atoms with Crippen LogP contribution in [0.5, 0.6) is 0 Å². The van der Waals surface area contributed by atoms with Gasteiger partial charge in [0.1, 0.15) is 0 Å². The van der Waals surface area contributed by atoms with Crippen molar-refractivity contribution in [1.29, 1.82) is 0 Å². The molecule has 2 aromatic carbocycles. The Morgan fingerprint density at radius 1 is 1.04 bits per heavy atom. The van der Waals surface area contributed by atoms with Gasteiger partial charge in [-0.2, -0.15) is 0 Å². The van der Waals surface area contributed by atoms with Crippen molar-refractivity contribution in [3.63, 3.8) is 0 Å². The van der Waals surface area contributed by atoms with Crippen LogP contribution < -0.4 is 4.31 Å². The van der Waals surface area contributed by atoms with Crippen LogP contribution in [0.2, 0.25) is 5.02 Å². The number of hydrogen-bond donors (Lipinski definition) is 0. The van der Waals surface area contributed by atoms with E-state index < -0.39 is 10.0 Å². The molecule has 0 aliphatic heterocycles. The number of halogens is 1. The molecular weight excluding hydrogens is 372 g/mol. The standard InChI is InChI=1S/C19H23ClN2O3S/c1-5-22(6-2)19(23)15-7-12-18(14(3)13-15)21(4)26(24,25)17-10-8-16(20)9-11-17/h7-13H,5-6H2,1-4H3. The zero-order chi connectivity index (χ0) is 19.5. The molecule has 2 rings (SSSR count). The molecule has 0 atom stereocenters. The molecule has 0 spiro atoms. The van der Waals surface area contributed by atoms with Crippen LogP contribution in [-0.2, 0) is 10.0 Å². The van der Waals surface area contributed by atoms with Crippen LogP contribution in [0.3, 0.4) is 0 Å². The lowest BCUT2D eigenvalue weighted by Gasteiger charge is -2.23. The van der Waals surface area contributed by atoms with Gasteiger partial charge in [-0.05, 0) is 68.8 Å². The van der Waals surface area contributed by atoms with Crippen molar-refractivity contribution in [2.24, 2.45) is 0 Å². The van der Waals surface area contributed by atoms with Crippen molar-refractivity contribution < 1.29 is 13.2 Å². The van der Waals surface area contributed by atoms with E-state index in [9.17, 15) is 13.2 Å². The number of rotatable bonds is 6. The van der Waals surface area contributed by atoms with Crippen molar-refractivity contribution in [1.82, 2.24) is 4.90 Å². The minimum atomic E-state index is -3.71. The van der Waals surface area contributed by atoms with E-state index in [-0.39, 0.29) is 10.8 Å². The van der Waals surface area contributed by atoms with Gasteiger partial charge >= 0.3 is 0 Å². The molecule has 0 radical (unpaired) electrons. The maximum atomic E-state index is 12.8. The Bertz CT molecular complexity index is 892. The Labute approximate surface area is 160 Å². The third-order valence-electron chi connectivity index (χ3n) is 4.31. The van der Waals surface area contributed by atoms with E-state index >= 15 is 0 Å². The predicted octanol–water partition coefficient (Wildman–Crippen LogP) is 3.96. The normalized spacial score (nSPS) is 11.3. The first-order valence-electron chi connectivity index (χ1n) is 8.36. The summed E-state index contributed by atoms with van der Waals surface area (Å²) >= 11 is 5.84. The van der Waals surface area contributed by atoms with Gasteiger partial charge in [-0.25, -0.2) is 8.42 Å². The quantitative estimate of drug-likeness (QED) is 0.745. The second-order valence-corrected chi connectivity index (χ2v) is 8.31. The molecule has 26 heavy (non-hydrogen) atoms. The summed E-state index contributed by atoms with van der Waals surface area (Å²) in [7, 11) is -2.21. The molecule has 0 aliphatic carbocycles. The van der Waals surface area contributed by atoms with Crippen molar-refractivity contribution >= 4 is 33.2 Å². The average molecular weight is 395 g/mol. The van der Waals surface area contributed by atoms with Gasteiger partial charge in [-0.3, -0.25) is 9.10 Å². The number of benzene rings is 2. The first-order chi connectivity index (χ1) is 12.2. The highest BCUT2D eigenvalue weighted by molar-refractivity contribution is 7.92. The number of aryl methyl sites for hydroxylation is 1. The smallest absolute Gasteiger partial charge is 0.264 e. The molecule has 0 unspecified atom stereocenters. The number of carbonyl (C=O) groups is 1. The number of hydrogen-bond acceptors (Lipinski definition) is 3. The fraction of sp³-hybridized carbons (Fsp3) is 0.316. The number of carbonyl (C=O) groups excluding carboxylic acids is 1. The van der Waals surface area contributed by atoms with Gasteiger partial charge in [0.15, 0.2) is 0 Å². The lowest BCUT2D eigenvalue weighted by atomic mass is 10.1. The third-order valence-corrected chi connectivity index (χ3v) is 6.34. The van der Waals surface area contributed by atoms with Gasteiger partial charge < -0.3 is 4.90 Å². The summed E-state index contributed by atoms with van der Waals surface area (Å²) < 4.78 is 26.9. The minimum Gasteiger partial charge on any atom is -0.339 e. The first kappa shape index (κ1) is 20.3. The van der Waals surface area contributed by atoms with Crippen LogP contribution >= 0.6 is 11.6 Å². The van der Waals surface area contributed by atoms with Crippen LogP contribution in [0.25, 0.3) is 0 Å². The van der Waals surface area contributed by atoms with Gasteiger partial charge in [-0.15, -0.1) is 0 Å². The van der Waals surface area contributed by atoms with Crippen LogP contribution in [-0.4, -0.2) is 39.4 Å². The molecule has 0 saturated heterocycles. The lowest BCUT2D eigenvalue weighted by molar-refractivity contribution is 0.0773. The SMILES string of the molecule is CCN(CC)C(=O)c1ccc(N(C)S(=O)(=O)c2ccc(Cl)cc2)c(C)c1. The Morgan fingerprint density at radius 2 is 1.62 bits per heavy atom. The molecule has 0 bridgehead atoms. The van der Waals surface area contributed by atoms with Crippen molar-refractivity contribution in [3.8, 4) is 0 Å². The second kappa shape index (κ2) is 8.10. The summed E-state index contributed by atoms with van der Waals surface area (Å²) in [5.74, 6) is -0.0622. The summed E-state index contributed by atoms with van der Waals surface area (Å²) in [5.41, 5.74) is 1.78. The van der Waals surface area contributed by atoms with Gasteiger partial charge in [0.2, 0.25) is 0 Å². The van der Waals surface area contributed by atoms with E-state index in [0.29, 0.717) is 34.9 Å². The van der Waals surface area contributed by atoms with Gasteiger partial charge in [-0.1, -0.05) is 11.6 Å². The number of sulfonamides is 1. The highest BCUT2D eigenvalue weighted by Gasteiger charge is 2.23. The number of nitrogens with zero attached hydrogens (tertiary/aromatic N) is 2. The van der Waals surface area contributed by atoms with Gasteiger partial charge in [0.25, 0.3) is 15.9 Å². The van der Waals surface area contributed by atoms with E-state index in [1.807, 2.05) is 13.8 Å². The molecule has 0 saturated carbocycles. The zero-order valence-electron chi connectivity index (χ0n) is 15.4. The average Bonchev–Trinajstić information content (AvgIpc) is 2.62. The molecule has 0 aliphatic rings. The fourth-order valence-corrected chi connectivity index (χ4v) is 4.12. The van der Waals surface area contributed by atoms with E-state index in [4.69, 9.17) is 11.6 Å². The molecule has 5 nitrogen and oxygen atoms in total. The van der Waals surface area contributed by atoms with Gasteiger partial charge in [0.05, 0.1) is 10.6 Å². The highest BCUT2D eigenvalue weighted by Crippen LogP contribution is 2.27. The Balaban J connectivity index is 2.36. The molecule has 1 amide bonds. The third kappa shape index (κ3) is 4.02. The summed E-state index contributed by atoms with van der Waals surface area (Å²) in [4.78, 5) is 14.4. The summed E-state index contributed by atoms with van der Waals surface area (Å²) in [6, 6.07) is 11.1.